The molecule has 0 saturated heterocycles. The number of benzene rings is 9. The summed E-state index contributed by atoms with van der Waals surface area (Å²) in [6.45, 7) is 2.15. The molecule has 0 spiro atoms. The fourth-order valence-electron chi connectivity index (χ4n) is 9.05. The summed E-state index contributed by atoms with van der Waals surface area (Å²) in [5.74, 6) is 0.406. The van der Waals surface area contributed by atoms with Crippen LogP contribution in [-0.4, -0.2) is 57.3 Å². The fraction of sp³-hybridized carbons (Fsp3) is 0.0213. The van der Waals surface area contributed by atoms with Gasteiger partial charge in [0.1, 0.15) is 58.6 Å². The molecule has 0 radical (unpaired) electrons. The zero-order valence-corrected chi connectivity index (χ0v) is 33.0. The Morgan fingerprint density at radius 2 is 0.893 bits per heavy atom. The first-order chi connectivity index (χ1) is 27.1. The molecule has 2 N–H and O–H groups in total. The molecule has 0 aromatic heterocycles. The third-order valence-electron chi connectivity index (χ3n) is 12.6. The van der Waals surface area contributed by atoms with Gasteiger partial charge in [-0.2, -0.15) is 0 Å². The molecule has 0 aliphatic carbocycles. The highest BCUT2D eigenvalue weighted by Gasteiger charge is 2.28. The Morgan fingerprint density at radius 3 is 1.52 bits per heavy atom. The predicted molar refractivity (Wildman–Crippen MR) is 259 cm³/mol. The molecule has 0 aliphatic rings. The number of phenols is 2. The van der Waals surface area contributed by atoms with Crippen molar-refractivity contribution in [1.29, 1.82) is 0 Å². The van der Waals surface area contributed by atoms with Crippen LogP contribution in [0.5, 0.6) is 11.5 Å². The van der Waals surface area contributed by atoms with E-state index >= 15 is 0 Å². The van der Waals surface area contributed by atoms with Crippen molar-refractivity contribution >= 4 is 140 Å². The standard InChI is InChI=1S/C47H39B6NO2/c1-24-39(48)37(38-40(49)41(50)42(51)43(52)46(38)55)47(56)44(53)45(24)54(36-23-27-11-3-5-13-30(27)32-15-8-9-17-34(32)36)28-20-18-25(19-21-28)35-22-26-10-2-4-12-29(26)31-14-6-7-16-33(31)35/h2-23,55-56H,48-53H2,1H3. The Labute approximate surface area is 333 Å². The van der Waals surface area contributed by atoms with E-state index in [9.17, 15) is 10.2 Å². The van der Waals surface area contributed by atoms with Crippen LogP contribution in [0.3, 0.4) is 0 Å². The van der Waals surface area contributed by atoms with E-state index in [-0.39, 0.29) is 11.5 Å². The van der Waals surface area contributed by atoms with Crippen LogP contribution in [0, 0.1) is 6.92 Å². The second-order valence-corrected chi connectivity index (χ2v) is 15.4. The van der Waals surface area contributed by atoms with E-state index in [1.165, 1.54) is 37.9 Å². The van der Waals surface area contributed by atoms with E-state index in [1.807, 2.05) is 31.4 Å². The highest BCUT2D eigenvalue weighted by Crippen LogP contribution is 2.45. The Kier molecular flexibility index (Phi) is 8.58. The molecule has 3 nitrogen and oxygen atoms in total. The summed E-state index contributed by atoms with van der Waals surface area (Å²) in [4.78, 5) is 2.33. The van der Waals surface area contributed by atoms with Crippen LogP contribution >= 0.6 is 0 Å². The lowest BCUT2D eigenvalue weighted by molar-refractivity contribution is 0.474. The molecule has 0 atom stereocenters. The first-order valence-corrected chi connectivity index (χ1v) is 19.4. The van der Waals surface area contributed by atoms with Crippen molar-refractivity contribution < 1.29 is 10.2 Å². The van der Waals surface area contributed by atoms with Gasteiger partial charge in [0.25, 0.3) is 0 Å². The maximum atomic E-state index is 12.4. The molecule has 0 unspecified atom stereocenters. The van der Waals surface area contributed by atoms with Crippen molar-refractivity contribution in [3.05, 3.63) is 139 Å². The number of anilines is 3. The Morgan fingerprint density at radius 1 is 0.429 bits per heavy atom. The van der Waals surface area contributed by atoms with Gasteiger partial charge in [-0.1, -0.05) is 131 Å². The minimum atomic E-state index is 0.179. The molecule has 262 valence electrons. The SMILES string of the molecule is Bc1c(B)c(B)c(-c2c(B)c(C)c(N(c3ccc(-c4cc5ccccc5c5ccccc45)cc3)c3cc4ccccc4c4ccccc34)c(B)c2O)c(O)c1B. The lowest BCUT2D eigenvalue weighted by atomic mass is 9.63. The second-order valence-electron chi connectivity index (χ2n) is 15.4. The van der Waals surface area contributed by atoms with Gasteiger partial charge in [0, 0.05) is 27.9 Å². The number of aromatic hydroxyl groups is 2. The molecule has 0 bridgehead atoms. The lowest BCUT2D eigenvalue weighted by Crippen LogP contribution is -2.48. The summed E-state index contributed by atoms with van der Waals surface area (Å²) in [7, 11) is 12.2. The van der Waals surface area contributed by atoms with Crippen LogP contribution in [-0.2, 0) is 0 Å². The van der Waals surface area contributed by atoms with Gasteiger partial charge in [-0.25, -0.2) is 0 Å². The van der Waals surface area contributed by atoms with E-state index in [4.69, 9.17) is 0 Å². The van der Waals surface area contributed by atoms with Crippen LogP contribution in [0.15, 0.2) is 133 Å². The largest absolute Gasteiger partial charge is 0.508 e. The van der Waals surface area contributed by atoms with Crippen LogP contribution in [0.1, 0.15) is 5.56 Å². The normalized spacial score (nSPS) is 11.5. The molecule has 0 fully saturated rings. The zero-order valence-electron chi connectivity index (χ0n) is 33.0. The van der Waals surface area contributed by atoms with Gasteiger partial charge in [0.15, 0.2) is 0 Å². The van der Waals surface area contributed by atoms with Gasteiger partial charge < -0.3 is 15.1 Å². The van der Waals surface area contributed by atoms with E-state index in [1.54, 1.807) is 0 Å². The first kappa shape index (κ1) is 35.5. The molecule has 9 heteroatoms. The highest BCUT2D eigenvalue weighted by atomic mass is 16.3. The van der Waals surface area contributed by atoms with Crippen molar-refractivity contribution in [3.63, 3.8) is 0 Å². The number of hydrogen-bond donors (Lipinski definition) is 2. The highest BCUT2D eigenvalue weighted by molar-refractivity contribution is 6.65. The molecular formula is C47H39B6NO2. The quantitative estimate of drug-likeness (QED) is 0.213. The van der Waals surface area contributed by atoms with Gasteiger partial charge in [-0.15, -0.1) is 5.46 Å². The first-order valence-electron chi connectivity index (χ1n) is 19.4. The maximum Gasteiger partial charge on any atom is 0.147 e. The van der Waals surface area contributed by atoms with E-state index in [2.05, 4.69) is 161 Å². The molecule has 0 amide bonds. The number of fused-ring (bicyclic) bond motifs is 6. The van der Waals surface area contributed by atoms with Gasteiger partial charge in [0.2, 0.25) is 0 Å². The Balaban J connectivity index is 1.32. The number of rotatable bonds is 5. The number of phenolic OH excluding ortho intramolecular Hbond substituents is 2. The molecule has 9 aromatic rings. The second kappa shape index (κ2) is 13.5. The zero-order chi connectivity index (χ0) is 39.0. The summed E-state index contributed by atoms with van der Waals surface area (Å²) in [5.41, 5.74) is 13.4. The molecule has 0 heterocycles. The molecule has 0 aliphatic heterocycles. The van der Waals surface area contributed by atoms with Crippen LogP contribution < -0.4 is 37.7 Å². The van der Waals surface area contributed by atoms with Crippen LogP contribution in [0.4, 0.5) is 17.1 Å². The Bertz CT molecular complexity index is 3030. The van der Waals surface area contributed by atoms with Gasteiger partial charge in [-0.05, 0) is 91.0 Å². The van der Waals surface area contributed by atoms with Crippen LogP contribution in [0.25, 0.3) is 65.3 Å². The third-order valence-corrected chi connectivity index (χ3v) is 12.6. The van der Waals surface area contributed by atoms with Crippen LogP contribution in [0.2, 0.25) is 0 Å². The monoisotopic (exact) mass is 715 g/mol. The topological polar surface area (TPSA) is 43.7 Å². The molecular weight excluding hydrogens is 675 g/mol. The summed E-state index contributed by atoms with van der Waals surface area (Å²) in [5, 5.41) is 33.6. The smallest absolute Gasteiger partial charge is 0.147 e. The van der Waals surface area contributed by atoms with Gasteiger partial charge in [0.05, 0.1) is 5.69 Å². The maximum absolute atomic E-state index is 12.4. The van der Waals surface area contributed by atoms with Crippen molar-refractivity contribution in [2.45, 2.75) is 6.92 Å². The van der Waals surface area contributed by atoms with Crippen molar-refractivity contribution in [1.82, 2.24) is 0 Å². The Hall–Kier alpha value is -6.19. The summed E-state index contributed by atoms with van der Waals surface area (Å²) in [6.07, 6.45) is 0. The van der Waals surface area contributed by atoms with Crippen molar-refractivity contribution in [2.75, 3.05) is 4.90 Å². The van der Waals surface area contributed by atoms with E-state index in [0.717, 1.165) is 71.7 Å². The van der Waals surface area contributed by atoms with Crippen molar-refractivity contribution in [3.8, 4) is 33.8 Å². The number of nitrogens with zero attached hydrogens (tertiary/aromatic N) is 1. The minimum absolute atomic E-state index is 0.179. The fourth-order valence-corrected chi connectivity index (χ4v) is 9.05. The molecule has 0 saturated carbocycles. The average molecular weight is 715 g/mol. The lowest BCUT2D eigenvalue weighted by Gasteiger charge is -2.33. The van der Waals surface area contributed by atoms with E-state index in [0.29, 0.717) is 11.1 Å². The minimum Gasteiger partial charge on any atom is -0.508 e. The molecule has 9 rings (SSSR count). The molecule has 56 heavy (non-hydrogen) atoms. The van der Waals surface area contributed by atoms with Crippen molar-refractivity contribution in [2.24, 2.45) is 0 Å². The van der Waals surface area contributed by atoms with E-state index < -0.39 is 0 Å². The summed E-state index contributed by atoms with van der Waals surface area (Å²) in [6, 6.07) is 47.9. The molecule has 9 aromatic carbocycles. The third kappa shape index (κ3) is 5.36. The predicted octanol–water partition coefficient (Wildman–Crippen LogP) is 2.37. The summed E-state index contributed by atoms with van der Waals surface area (Å²) < 4.78 is 0. The van der Waals surface area contributed by atoms with Gasteiger partial charge >= 0.3 is 0 Å². The van der Waals surface area contributed by atoms with Gasteiger partial charge in [-0.3, -0.25) is 0 Å². The average Bonchev–Trinajstić information content (AvgIpc) is 3.24. The summed E-state index contributed by atoms with van der Waals surface area (Å²) >= 11 is 0. The number of hydrogen-bond acceptors (Lipinski definition) is 3.